The Balaban J connectivity index is 3.38. The van der Waals surface area contributed by atoms with Crippen LogP contribution in [-0.2, 0) is 0 Å². The highest BCUT2D eigenvalue weighted by molar-refractivity contribution is 4.44. The SMILES string of the molecule is CCN(CNCNNN(C)C)NN(C)C. The first-order valence-electron chi connectivity index (χ1n) is 5.11. The molecular formula is C8H25N7. The summed E-state index contributed by atoms with van der Waals surface area (Å²) in [6.45, 7) is 4.51. The van der Waals surface area contributed by atoms with Crippen molar-refractivity contribution in [2.75, 3.05) is 48.1 Å². The monoisotopic (exact) mass is 219 g/mol. The molecule has 0 unspecified atom stereocenters. The third-order valence-corrected chi connectivity index (χ3v) is 1.54. The largest absolute Gasteiger partial charge is 0.289 e. The minimum absolute atomic E-state index is 0.698. The Hall–Kier alpha value is -0.280. The lowest BCUT2D eigenvalue weighted by atomic mass is 10.7. The first-order valence-corrected chi connectivity index (χ1v) is 5.11. The van der Waals surface area contributed by atoms with Crippen molar-refractivity contribution in [2.24, 2.45) is 0 Å². The fraction of sp³-hybridized carbons (Fsp3) is 1.00. The third kappa shape index (κ3) is 10.0. The molecule has 0 spiro atoms. The zero-order valence-corrected chi connectivity index (χ0v) is 10.5. The van der Waals surface area contributed by atoms with Gasteiger partial charge in [0.1, 0.15) is 0 Å². The number of hydrogen-bond acceptors (Lipinski definition) is 7. The summed E-state index contributed by atoms with van der Waals surface area (Å²) in [6, 6.07) is 0. The number of hydrogen-bond donors (Lipinski definition) is 4. The summed E-state index contributed by atoms with van der Waals surface area (Å²) in [5.74, 6) is 0. The van der Waals surface area contributed by atoms with Gasteiger partial charge in [-0.2, -0.15) is 11.1 Å². The number of nitrogens with one attached hydrogen (secondary N) is 4. The molecule has 0 radical (unpaired) electrons. The molecule has 0 aromatic rings. The smallest absolute Gasteiger partial charge is 0.0644 e. The molecule has 0 heterocycles. The van der Waals surface area contributed by atoms with Crippen LogP contribution in [0.15, 0.2) is 0 Å². The van der Waals surface area contributed by atoms with Crippen LogP contribution in [0.25, 0.3) is 0 Å². The second-order valence-corrected chi connectivity index (χ2v) is 3.62. The first-order chi connectivity index (χ1) is 7.06. The van der Waals surface area contributed by atoms with Crippen LogP contribution in [0.3, 0.4) is 0 Å². The van der Waals surface area contributed by atoms with Crippen molar-refractivity contribution in [1.29, 1.82) is 0 Å². The standard InChI is InChI=1S/C8H25N7/c1-6-15(12-14(4)5)8-9-7-10-11-13(2)3/h9-12H,6-8H2,1-5H3. The molecule has 0 aliphatic heterocycles. The average Bonchev–Trinajstić information content (AvgIpc) is 2.14. The van der Waals surface area contributed by atoms with Crippen LogP contribution in [0.2, 0.25) is 0 Å². The Morgan fingerprint density at radius 2 is 1.67 bits per heavy atom. The molecule has 0 rings (SSSR count). The number of rotatable bonds is 9. The van der Waals surface area contributed by atoms with Gasteiger partial charge in [0.25, 0.3) is 0 Å². The number of nitrogens with zero attached hydrogens (tertiary/aromatic N) is 3. The van der Waals surface area contributed by atoms with Gasteiger partial charge in [-0.3, -0.25) is 5.32 Å². The molecule has 92 valence electrons. The van der Waals surface area contributed by atoms with Gasteiger partial charge in [-0.15, -0.1) is 0 Å². The highest BCUT2D eigenvalue weighted by atomic mass is 15.7. The lowest BCUT2D eigenvalue weighted by molar-refractivity contribution is 0.0565. The lowest BCUT2D eigenvalue weighted by Gasteiger charge is -2.26. The highest BCUT2D eigenvalue weighted by Gasteiger charge is 2.00. The molecular weight excluding hydrogens is 194 g/mol. The normalized spacial score (nSPS) is 12.0. The van der Waals surface area contributed by atoms with E-state index in [2.05, 4.69) is 33.7 Å². The van der Waals surface area contributed by atoms with Crippen LogP contribution in [0.1, 0.15) is 6.92 Å². The summed E-state index contributed by atoms with van der Waals surface area (Å²) < 4.78 is 0. The van der Waals surface area contributed by atoms with Gasteiger partial charge in [-0.1, -0.05) is 6.92 Å². The maximum absolute atomic E-state index is 3.23. The first kappa shape index (κ1) is 14.7. The fourth-order valence-corrected chi connectivity index (χ4v) is 0.952. The van der Waals surface area contributed by atoms with Crippen molar-refractivity contribution in [3.05, 3.63) is 0 Å². The minimum atomic E-state index is 0.698. The Morgan fingerprint density at radius 1 is 1.00 bits per heavy atom. The summed E-state index contributed by atoms with van der Waals surface area (Å²) in [5.41, 5.74) is 9.14. The van der Waals surface area contributed by atoms with Crippen LogP contribution in [0.4, 0.5) is 0 Å². The summed E-state index contributed by atoms with van der Waals surface area (Å²) in [5, 5.41) is 9.06. The lowest BCUT2D eigenvalue weighted by Crippen LogP contribution is -2.53. The average molecular weight is 219 g/mol. The molecule has 0 atom stereocenters. The van der Waals surface area contributed by atoms with Crippen LogP contribution in [0, 0.1) is 0 Å². The van der Waals surface area contributed by atoms with Gasteiger partial charge in [0.15, 0.2) is 0 Å². The van der Waals surface area contributed by atoms with E-state index in [1.807, 2.05) is 38.2 Å². The van der Waals surface area contributed by atoms with Gasteiger partial charge >= 0.3 is 0 Å². The van der Waals surface area contributed by atoms with E-state index in [9.17, 15) is 0 Å². The van der Waals surface area contributed by atoms with Crippen LogP contribution >= 0.6 is 0 Å². The molecule has 0 saturated carbocycles. The van der Waals surface area contributed by atoms with Gasteiger partial charge in [0, 0.05) is 34.7 Å². The van der Waals surface area contributed by atoms with Crippen molar-refractivity contribution < 1.29 is 0 Å². The molecule has 0 fully saturated rings. The van der Waals surface area contributed by atoms with E-state index in [-0.39, 0.29) is 0 Å². The van der Waals surface area contributed by atoms with Crippen LogP contribution in [0.5, 0.6) is 0 Å². The van der Waals surface area contributed by atoms with E-state index in [0.29, 0.717) is 6.67 Å². The predicted octanol–water partition coefficient (Wildman–Crippen LogP) is -1.64. The van der Waals surface area contributed by atoms with E-state index < -0.39 is 0 Å². The van der Waals surface area contributed by atoms with Gasteiger partial charge < -0.3 is 0 Å². The third-order valence-electron chi connectivity index (χ3n) is 1.54. The van der Waals surface area contributed by atoms with E-state index in [1.165, 1.54) is 0 Å². The zero-order valence-electron chi connectivity index (χ0n) is 10.5. The molecule has 0 aliphatic carbocycles. The highest BCUT2D eigenvalue weighted by Crippen LogP contribution is 1.78. The molecule has 0 amide bonds. The summed E-state index contributed by atoms with van der Waals surface area (Å²) in [7, 11) is 7.79. The fourth-order valence-electron chi connectivity index (χ4n) is 0.952. The van der Waals surface area contributed by atoms with E-state index >= 15 is 0 Å². The molecule has 7 heteroatoms. The van der Waals surface area contributed by atoms with Crippen molar-refractivity contribution in [2.45, 2.75) is 6.92 Å². The van der Waals surface area contributed by atoms with Crippen molar-refractivity contribution in [3.63, 3.8) is 0 Å². The van der Waals surface area contributed by atoms with Gasteiger partial charge in [0.05, 0.1) is 13.3 Å². The van der Waals surface area contributed by atoms with Crippen LogP contribution < -0.4 is 21.8 Å². The molecule has 0 bridgehead atoms. The Bertz CT molecular complexity index is 139. The van der Waals surface area contributed by atoms with E-state index in [1.54, 1.807) is 0 Å². The van der Waals surface area contributed by atoms with E-state index in [4.69, 9.17) is 0 Å². The summed E-state index contributed by atoms with van der Waals surface area (Å²) >= 11 is 0. The van der Waals surface area contributed by atoms with Crippen LogP contribution in [-0.4, -0.2) is 63.1 Å². The molecule has 0 aromatic carbocycles. The van der Waals surface area contributed by atoms with Crippen molar-refractivity contribution in [3.8, 4) is 0 Å². The number of hydrazine groups is 4. The topological polar surface area (TPSA) is 57.8 Å². The molecule has 15 heavy (non-hydrogen) atoms. The van der Waals surface area contributed by atoms with Gasteiger partial charge in [-0.25, -0.2) is 20.5 Å². The molecule has 7 nitrogen and oxygen atoms in total. The predicted molar refractivity (Wildman–Crippen MR) is 62.0 cm³/mol. The van der Waals surface area contributed by atoms with Gasteiger partial charge in [-0.05, 0) is 0 Å². The quantitative estimate of drug-likeness (QED) is 0.211. The second-order valence-electron chi connectivity index (χ2n) is 3.62. The molecule has 0 saturated heterocycles. The summed E-state index contributed by atoms with van der Waals surface area (Å²) in [4.78, 5) is 0. The maximum atomic E-state index is 3.23. The minimum Gasteiger partial charge on any atom is -0.289 e. The Kier molecular flexibility index (Phi) is 8.82. The summed E-state index contributed by atoms with van der Waals surface area (Å²) in [6.07, 6.45) is 0. The van der Waals surface area contributed by atoms with Crippen molar-refractivity contribution >= 4 is 0 Å². The van der Waals surface area contributed by atoms with E-state index in [0.717, 1.165) is 13.2 Å². The van der Waals surface area contributed by atoms with Crippen molar-refractivity contribution in [1.82, 2.24) is 36.8 Å². The second kappa shape index (κ2) is 8.98. The zero-order chi connectivity index (χ0) is 11.7. The van der Waals surface area contributed by atoms with Gasteiger partial charge in [0.2, 0.25) is 0 Å². The molecule has 0 aromatic heterocycles. The molecule has 4 N–H and O–H groups in total. The Morgan fingerprint density at radius 3 is 2.13 bits per heavy atom. The Labute approximate surface area is 92.7 Å². The maximum Gasteiger partial charge on any atom is 0.0644 e. The molecule has 0 aliphatic rings.